The van der Waals surface area contributed by atoms with Crippen molar-refractivity contribution in [2.24, 2.45) is 5.92 Å². The van der Waals surface area contributed by atoms with Gasteiger partial charge in [0.1, 0.15) is 4.21 Å². The Kier molecular flexibility index (Phi) is 5.55. The van der Waals surface area contributed by atoms with E-state index in [1.165, 1.54) is 22.6 Å². The Bertz CT molecular complexity index is 907. The quantitative estimate of drug-likeness (QED) is 0.793. The van der Waals surface area contributed by atoms with Crippen LogP contribution in [0.1, 0.15) is 30.1 Å². The summed E-state index contributed by atoms with van der Waals surface area (Å²) in [5, 5.41) is 4.53. The second-order valence-corrected chi connectivity index (χ2v) is 9.37. The molecule has 1 amide bonds. The molecule has 2 aromatic rings. The molecule has 1 fully saturated rings. The number of benzene rings is 1. The molecule has 6 nitrogen and oxygen atoms in total. The second kappa shape index (κ2) is 7.69. The number of thiophene rings is 1. The molecule has 1 aliphatic rings. The SMILES string of the molecule is CC(=O)c1cccc(NC(=O)[C@@H]2CCCN(S(=O)(=O)c3cccs3)C2)c1. The van der Waals surface area contributed by atoms with Crippen molar-refractivity contribution in [1.82, 2.24) is 4.31 Å². The maximum Gasteiger partial charge on any atom is 0.252 e. The molecular formula is C18H20N2O4S2. The van der Waals surface area contributed by atoms with Crippen molar-refractivity contribution in [1.29, 1.82) is 0 Å². The summed E-state index contributed by atoms with van der Waals surface area (Å²) in [6.45, 7) is 2.05. The number of piperidine rings is 1. The Labute approximate surface area is 156 Å². The van der Waals surface area contributed by atoms with E-state index in [1.807, 2.05) is 0 Å². The fourth-order valence-corrected chi connectivity index (χ4v) is 5.64. The van der Waals surface area contributed by atoms with Crippen molar-refractivity contribution in [2.45, 2.75) is 24.0 Å². The summed E-state index contributed by atoms with van der Waals surface area (Å²) < 4.78 is 27.0. The summed E-state index contributed by atoms with van der Waals surface area (Å²) in [5.74, 6) is -0.719. The molecule has 2 heterocycles. The van der Waals surface area contributed by atoms with Crippen molar-refractivity contribution >= 4 is 38.7 Å². The predicted octanol–water partition coefficient (Wildman–Crippen LogP) is 2.99. The fourth-order valence-electron chi connectivity index (χ4n) is 2.97. The fraction of sp³-hybridized carbons (Fsp3) is 0.333. The first-order valence-electron chi connectivity index (χ1n) is 8.33. The first-order chi connectivity index (χ1) is 12.4. The molecule has 1 aromatic carbocycles. The third-order valence-corrected chi connectivity index (χ3v) is 7.62. The standard InChI is InChI=1S/C18H20N2O4S2/c1-13(21)14-5-2-7-16(11-14)19-18(22)15-6-3-9-20(12-15)26(23,24)17-8-4-10-25-17/h2,4-5,7-8,10-11,15H,3,6,9,12H2,1H3,(H,19,22)/t15-/m1/s1. The number of nitrogens with zero attached hydrogens (tertiary/aromatic N) is 1. The molecule has 0 bridgehead atoms. The third kappa shape index (κ3) is 4.03. The average Bonchev–Trinajstić information content (AvgIpc) is 3.17. The molecule has 1 atom stereocenters. The van der Waals surface area contributed by atoms with Gasteiger partial charge >= 0.3 is 0 Å². The lowest BCUT2D eigenvalue weighted by molar-refractivity contribution is -0.120. The van der Waals surface area contributed by atoms with E-state index in [0.29, 0.717) is 34.8 Å². The van der Waals surface area contributed by atoms with Gasteiger partial charge in [-0.1, -0.05) is 18.2 Å². The molecule has 1 aromatic heterocycles. The molecule has 0 aliphatic carbocycles. The highest BCUT2D eigenvalue weighted by molar-refractivity contribution is 7.91. The van der Waals surface area contributed by atoms with Crippen molar-refractivity contribution in [3.05, 3.63) is 47.3 Å². The maximum atomic E-state index is 12.7. The molecule has 26 heavy (non-hydrogen) atoms. The number of amides is 1. The number of sulfonamides is 1. The van der Waals surface area contributed by atoms with Gasteiger partial charge in [-0.15, -0.1) is 11.3 Å². The van der Waals surface area contributed by atoms with Crippen molar-refractivity contribution in [3.8, 4) is 0 Å². The van der Waals surface area contributed by atoms with Gasteiger partial charge in [0.2, 0.25) is 5.91 Å². The molecular weight excluding hydrogens is 372 g/mol. The number of carbonyl (C=O) groups excluding carboxylic acids is 2. The van der Waals surface area contributed by atoms with Crippen molar-refractivity contribution < 1.29 is 18.0 Å². The Balaban J connectivity index is 1.70. The predicted molar refractivity (Wildman–Crippen MR) is 101 cm³/mol. The van der Waals surface area contributed by atoms with E-state index in [9.17, 15) is 18.0 Å². The summed E-state index contributed by atoms with van der Waals surface area (Å²) in [4.78, 5) is 24.1. The number of ketones is 1. The van der Waals surface area contributed by atoms with Crippen LogP contribution in [0.5, 0.6) is 0 Å². The summed E-state index contributed by atoms with van der Waals surface area (Å²) in [7, 11) is -3.55. The average molecular weight is 393 g/mol. The van der Waals surface area contributed by atoms with Crippen LogP contribution in [0.4, 0.5) is 5.69 Å². The topological polar surface area (TPSA) is 83.6 Å². The van der Waals surface area contributed by atoms with Gasteiger partial charge < -0.3 is 5.32 Å². The number of anilines is 1. The van der Waals surface area contributed by atoms with Crippen LogP contribution in [0, 0.1) is 5.92 Å². The van der Waals surface area contributed by atoms with Gasteiger partial charge in [-0.3, -0.25) is 9.59 Å². The molecule has 138 valence electrons. The zero-order chi connectivity index (χ0) is 18.7. The Morgan fingerprint density at radius 1 is 1.23 bits per heavy atom. The van der Waals surface area contributed by atoms with E-state index >= 15 is 0 Å². The number of hydrogen-bond acceptors (Lipinski definition) is 5. The zero-order valence-electron chi connectivity index (χ0n) is 14.3. The van der Waals surface area contributed by atoms with Gasteiger partial charge in [-0.05, 0) is 43.3 Å². The summed E-state index contributed by atoms with van der Waals surface area (Å²) in [5.41, 5.74) is 1.06. The van der Waals surface area contributed by atoms with Crippen molar-refractivity contribution in [2.75, 3.05) is 18.4 Å². The molecule has 0 radical (unpaired) electrons. The van der Waals surface area contributed by atoms with E-state index in [1.54, 1.807) is 41.8 Å². The highest BCUT2D eigenvalue weighted by Gasteiger charge is 2.33. The lowest BCUT2D eigenvalue weighted by atomic mass is 9.98. The minimum Gasteiger partial charge on any atom is -0.326 e. The van der Waals surface area contributed by atoms with Crippen LogP contribution in [0.2, 0.25) is 0 Å². The monoisotopic (exact) mass is 392 g/mol. The minimum absolute atomic E-state index is 0.0769. The highest BCUT2D eigenvalue weighted by Crippen LogP contribution is 2.27. The van der Waals surface area contributed by atoms with Crippen LogP contribution in [0.25, 0.3) is 0 Å². The molecule has 8 heteroatoms. The number of carbonyl (C=O) groups is 2. The molecule has 1 N–H and O–H groups in total. The van der Waals surface area contributed by atoms with Gasteiger partial charge in [0.05, 0.1) is 5.92 Å². The van der Waals surface area contributed by atoms with Crippen LogP contribution in [0.3, 0.4) is 0 Å². The van der Waals surface area contributed by atoms with Crippen LogP contribution < -0.4 is 5.32 Å². The van der Waals surface area contributed by atoms with E-state index < -0.39 is 15.9 Å². The van der Waals surface area contributed by atoms with Gasteiger partial charge in [0, 0.05) is 24.3 Å². The summed E-state index contributed by atoms with van der Waals surface area (Å²) in [6.07, 6.45) is 1.27. The molecule has 0 saturated carbocycles. The summed E-state index contributed by atoms with van der Waals surface area (Å²) >= 11 is 1.18. The number of nitrogens with one attached hydrogen (secondary N) is 1. The largest absolute Gasteiger partial charge is 0.326 e. The number of hydrogen-bond donors (Lipinski definition) is 1. The van der Waals surface area contributed by atoms with E-state index in [4.69, 9.17) is 0 Å². The smallest absolute Gasteiger partial charge is 0.252 e. The molecule has 0 spiro atoms. The zero-order valence-corrected chi connectivity index (χ0v) is 16.0. The minimum atomic E-state index is -3.55. The Morgan fingerprint density at radius 2 is 2.04 bits per heavy atom. The van der Waals surface area contributed by atoms with Gasteiger partial charge in [-0.2, -0.15) is 4.31 Å². The molecule has 1 aliphatic heterocycles. The lowest BCUT2D eigenvalue weighted by Crippen LogP contribution is -2.43. The van der Waals surface area contributed by atoms with E-state index in [0.717, 1.165) is 0 Å². The Hall–Kier alpha value is -2.03. The third-order valence-electron chi connectivity index (χ3n) is 4.38. The summed E-state index contributed by atoms with van der Waals surface area (Å²) in [6, 6.07) is 10.0. The highest BCUT2D eigenvalue weighted by atomic mass is 32.2. The van der Waals surface area contributed by atoms with Gasteiger partial charge in [-0.25, -0.2) is 8.42 Å². The number of Topliss-reactive ketones (excluding diaryl/α,β-unsaturated/α-hetero) is 1. The van der Waals surface area contributed by atoms with Crippen LogP contribution in [-0.2, 0) is 14.8 Å². The van der Waals surface area contributed by atoms with Crippen molar-refractivity contribution in [3.63, 3.8) is 0 Å². The van der Waals surface area contributed by atoms with Crippen LogP contribution in [0.15, 0.2) is 46.0 Å². The van der Waals surface area contributed by atoms with Gasteiger partial charge in [0.15, 0.2) is 5.78 Å². The van der Waals surface area contributed by atoms with Gasteiger partial charge in [0.25, 0.3) is 10.0 Å². The maximum absolute atomic E-state index is 12.7. The molecule has 0 unspecified atom stereocenters. The lowest BCUT2D eigenvalue weighted by Gasteiger charge is -2.30. The van der Waals surface area contributed by atoms with E-state index in [-0.39, 0.29) is 18.2 Å². The first-order valence-corrected chi connectivity index (χ1v) is 10.7. The molecule has 1 saturated heterocycles. The van der Waals surface area contributed by atoms with Crippen LogP contribution in [-0.4, -0.2) is 37.5 Å². The Morgan fingerprint density at radius 3 is 2.73 bits per heavy atom. The second-order valence-electron chi connectivity index (χ2n) is 6.26. The number of rotatable bonds is 5. The first kappa shape index (κ1) is 18.8. The van der Waals surface area contributed by atoms with Crippen LogP contribution >= 0.6 is 11.3 Å². The molecule has 3 rings (SSSR count). The van der Waals surface area contributed by atoms with E-state index in [2.05, 4.69) is 5.32 Å². The normalized spacial score (nSPS) is 18.4.